The molecule has 0 aliphatic carbocycles. The van der Waals surface area contributed by atoms with Crippen molar-refractivity contribution in [3.8, 4) is 0 Å². The zero-order chi connectivity index (χ0) is 27.6. The van der Waals surface area contributed by atoms with Crippen LogP contribution in [0.4, 0.5) is 0 Å². The number of rotatable bonds is 8. The summed E-state index contributed by atoms with van der Waals surface area (Å²) in [6, 6.07) is -1.39. The van der Waals surface area contributed by atoms with Gasteiger partial charge in [-0.15, -0.1) is 0 Å². The molecular formula is C20H35NO16. The number of hydrogen-bond acceptors (Lipinski definition) is 16. The van der Waals surface area contributed by atoms with Gasteiger partial charge in [-0.1, -0.05) is 0 Å². The fourth-order valence-electron chi connectivity index (χ4n) is 4.39. The molecule has 3 fully saturated rings. The predicted octanol–water partition coefficient (Wildman–Crippen LogP) is -7.43. The Kier molecular flexibility index (Phi) is 10.5. The molecular weight excluding hydrogens is 510 g/mol. The van der Waals surface area contributed by atoms with E-state index in [-0.39, 0.29) is 0 Å². The van der Waals surface area contributed by atoms with E-state index in [2.05, 4.69) is 5.32 Å². The summed E-state index contributed by atoms with van der Waals surface area (Å²) in [5, 5.41) is 103. The molecule has 11 N–H and O–H groups in total. The van der Waals surface area contributed by atoms with Crippen molar-refractivity contribution in [1.82, 2.24) is 5.32 Å². The number of hydrogen-bond donors (Lipinski definition) is 11. The van der Waals surface area contributed by atoms with Gasteiger partial charge in [0, 0.05) is 6.92 Å². The summed E-state index contributed by atoms with van der Waals surface area (Å²) in [4.78, 5) is 11.6. The second-order valence-corrected chi connectivity index (χ2v) is 9.07. The van der Waals surface area contributed by atoms with Crippen LogP contribution in [0.2, 0.25) is 0 Å². The molecule has 37 heavy (non-hydrogen) atoms. The van der Waals surface area contributed by atoms with E-state index < -0.39 is 118 Å². The zero-order valence-corrected chi connectivity index (χ0v) is 19.7. The van der Waals surface area contributed by atoms with Crippen molar-refractivity contribution in [1.29, 1.82) is 0 Å². The number of amides is 1. The molecule has 1 unspecified atom stereocenters. The van der Waals surface area contributed by atoms with E-state index in [1.54, 1.807) is 0 Å². The van der Waals surface area contributed by atoms with E-state index in [9.17, 15) is 55.9 Å². The summed E-state index contributed by atoms with van der Waals surface area (Å²) in [7, 11) is 0. The van der Waals surface area contributed by atoms with Crippen LogP contribution in [-0.2, 0) is 28.5 Å². The van der Waals surface area contributed by atoms with Crippen LogP contribution in [0, 0.1) is 0 Å². The van der Waals surface area contributed by atoms with Crippen LogP contribution in [0.1, 0.15) is 6.92 Å². The molecule has 17 heteroatoms. The third-order valence-corrected chi connectivity index (χ3v) is 6.48. The van der Waals surface area contributed by atoms with Gasteiger partial charge in [0.1, 0.15) is 73.2 Å². The third kappa shape index (κ3) is 6.38. The average molecular weight is 545 g/mol. The van der Waals surface area contributed by atoms with Crippen molar-refractivity contribution in [3.05, 3.63) is 0 Å². The summed E-state index contributed by atoms with van der Waals surface area (Å²) >= 11 is 0. The molecule has 0 spiro atoms. The number of aliphatic hydroxyl groups excluding tert-OH is 10. The van der Waals surface area contributed by atoms with E-state index in [1.807, 2.05) is 0 Å². The van der Waals surface area contributed by atoms with Crippen molar-refractivity contribution in [2.24, 2.45) is 0 Å². The first kappa shape index (κ1) is 30.4. The van der Waals surface area contributed by atoms with Gasteiger partial charge in [0.2, 0.25) is 5.91 Å². The minimum atomic E-state index is -1.92. The Bertz CT molecular complexity index is 743. The van der Waals surface area contributed by atoms with Crippen LogP contribution in [0.3, 0.4) is 0 Å². The van der Waals surface area contributed by atoms with Gasteiger partial charge >= 0.3 is 0 Å². The smallest absolute Gasteiger partial charge is 0.217 e. The topological polar surface area (TPSA) is 278 Å². The Morgan fingerprint density at radius 2 is 1.08 bits per heavy atom. The summed E-state index contributed by atoms with van der Waals surface area (Å²) in [5.41, 5.74) is 0. The summed E-state index contributed by atoms with van der Waals surface area (Å²) in [5.74, 6) is -0.637. The molecule has 3 rings (SSSR count). The van der Waals surface area contributed by atoms with Crippen LogP contribution in [0.5, 0.6) is 0 Å². The van der Waals surface area contributed by atoms with Gasteiger partial charge < -0.3 is 80.1 Å². The minimum Gasteiger partial charge on any atom is -0.394 e. The van der Waals surface area contributed by atoms with Gasteiger partial charge in [-0.05, 0) is 0 Å². The van der Waals surface area contributed by atoms with Gasteiger partial charge in [0.15, 0.2) is 18.9 Å². The minimum absolute atomic E-state index is 0.637. The van der Waals surface area contributed by atoms with Crippen molar-refractivity contribution < 1.29 is 79.5 Å². The SMILES string of the molecule is CC(=O)N[C@H]1[C@H](OC2O[C@H](CO)[C@@H](O[C@@H]3O[C@H](CO)[C@H](O)[C@H](O)[C@H]3O)[C@H](O)[C@H]2O)O[C@H](CO)[C@@H](O)[C@@H]1O. The van der Waals surface area contributed by atoms with Crippen LogP contribution < -0.4 is 5.32 Å². The van der Waals surface area contributed by atoms with Gasteiger partial charge in [0.25, 0.3) is 0 Å². The number of ether oxygens (including phenoxy) is 5. The Balaban J connectivity index is 1.74. The largest absolute Gasteiger partial charge is 0.394 e. The Morgan fingerprint density at radius 3 is 1.62 bits per heavy atom. The maximum atomic E-state index is 11.6. The number of nitrogens with one attached hydrogen (secondary N) is 1. The van der Waals surface area contributed by atoms with Crippen molar-refractivity contribution >= 4 is 5.91 Å². The Morgan fingerprint density at radius 1 is 0.622 bits per heavy atom. The lowest BCUT2D eigenvalue weighted by Crippen LogP contribution is -2.68. The van der Waals surface area contributed by atoms with Gasteiger partial charge in [0.05, 0.1) is 19.8 Å². The van der Waals surface area contributed by atoms with Crippen LogP contribution in [0.15, 0.2) is 0 Å². The highest BCUT2D eigenvalue weighted by Gasteiger charge is 2.53. The lowest BCUT2D eigenvalue weighted by atomic mass is 9.96. The Labute approximate surface area is 210 Å². The van der Waals surface area contributed by atoms with Crippen molar-refractivity contribution in [2.45, 2.75) is 99.0 Å². The summed E-state index contributed by atoms with van der Waals surface area (Å²) in [6.07, 6.45) is -23.1. The van der Waals surface area contributed by atoms with Gasteiger partial charge in [-0.25, -0.2) is 0 Å². The van der Waals surface area contributed by atoms with E-state index in [1.165, 1.54) is 0 Å². The molecule has 17 nitrogen and oxygen atoms in total. The molecule has 0 aromatic rings. The molecule has 0 bridgehead atoms. The first-order valence-electron chi connectivity index (χ1n) is 11.6. The number of aliphatic hydroxyl groups is 10. The molecule has 0 aromatic carbocycles. The average Bonchev–Trinajstić information content (AvgIpc) is 2.87. The second kappa shape index (κ2) is 12.8. The first-order chi connectivity index (χ1) is 17.4. The van der Waals surface area contributed by atoms with Crippen LogP contribution in [-0.4, -0.2) is 169 Å². The number of carbonyl (C=O) groups excluding carboxylic acids is 1. The van der Waals surface area contributed by atoms with Crippen LogP contribution in [0.25, 0.3) is 0 Å². The van der Waals surface area contributed by atoms with E-state index in [0.717, 1.165) is 6.92 Å². The molecule has 0 aromatic heterocycles. The second-order valence-electron chi connectivity index (χ2n) is 9.07. The van der Waals surface area contributed by atoms with E-state index in [4.69, 9.17) is 23.7 Å². The third-order valence-electron chi connectivity index (χ3n) is 6.48. The quantitative estimate of drug-likeness (QED) is 0.135. The predicted molar refractivity (Wildman–Crippen MR) is 113 cm³/mol. The molecule has 3 saturated heterocycles. The van der Waals surface area contributed by atoms with Gasteiger partial charge in [-0.2, -0.15) is 0 Å². The normalized spacial score (nSPS) is 49.0. The lowest BCUT2D eigenvalue weighted by Gasteiger charge is -2.48. The molecule has 15 atom stereocenters. The van der Waals surface area contributed by atoms with Crippen molar-refractivity contribution in [2.75, 3.05) is 19.8 Å². The maximum absolute atomic E-state index is 11.6. The molecule has 3 heterocycles. The molecule has 3 aliphatic rings. The monoisotopic (exact) mass is 545 g/mol. The van der Waals surface area contributed by atoms with E-state index in [0.29, 0.717) is 0 Å². The zero-order valence-electron chi connectivity index (χ0n) is 19.7. The molecule has 3 aliphatic heterocycles. The molecule has 216 valence electrons. The molecule has 1 amide bonds. The fraction of sp³-hybridized carbons (Fsp3) is 0.950. The Hall–Kier alpha value is -1.13. The van der Waals surface area contributed by atoms with E-state index >= 15 is 0 Å². The summed E-state index contributed by atoms with van der Waals surface area (Å²) in [6.45, 7) is -1.20. The molecule has 0 radical (unpaired) electrons. The highest BCUT2D eigenvalue weighted by Crippen LogP contribution is 2.31. The highest BCUT2D eigenvalue weighted by molar-refractivity contribution is 5.73. The van der Waals surface area contributed by atoms with Crippen molar-refractivity contribution in [3.63, 3.8) is 0 Å². The standard InChI is InChI=1S/C20H35NO16/c1-5(25)21-9-12(28)10(26)6(2-22)33-18(9)37-20-16(32)14(30)17(8(4-24)35-20)36-19-15(31)13(29)11(27)7(3-23)34-19/h6-20,22-24,26-32H,2-4H2,1H3,(H,21,25)/t6-,7-,8-,9-,10-,11+,12-,13+,14-,15-,16-,17-,18+,19+,20?/m1/s1. The maximum Gasteiger partial charge on any atom is 0.217 e. The fourth-order valence-corrected chi connectivity index (χ4v) is 4.39. The summed E-state index contributed by atoms with van der Waals surface area (Å²) < 4.78 is 27.1. The lowest BCUT2D eigenvalue weighted by molar-refractivity contribution is -0.384. The highest BCUT2D eigenvalue weighted by atomic mass is 16.8. The van der Waals surface area contributed by atoms with Gasteiger partial charge in [-0.3, -0.25) is 4.79 Å². The number of carbonyl (C=O) groups is 1. The van der Waals surface area contributed by atoms with Crippen LogP contribution >= 0.6 is 0 Å². The first-order valence-corrected chi connectivity index (χ1v) is 11.6. The molecule has 0 saturated carbocycles.